The first-order valence-electron chi connectivity index (χ1n) is 5.14. The van der Waals surface area contributed by atoms with Crippen LogP contribution in [-0.2, 0) is 0 Å². The van der Waals surface area contributed by atoms with Crippen molar-refractivity contribution in [3.8, 4) is 0 Å². The number of nitrogens with two attached hydrogens (primary N) is 1. The van der Waals surface area contributed by atoms with E-state index >= 15 is 0 Å². The number of hydrogen-bond acceptors (Lipinski definition) is 2. The average molecular weight is 222 g/mol. The van der Waals surface area contributed by atoms with Crippen molar-refractivity contribution in [1.82, 2.24) is 5.43 Å². The van der Waals surface area contributed by atoms with Crippen LogP contribution in [0.4, 0.5) is 13.2 Å². The first-order chi connectivity index (χ1) is 6.99. The van der Waals surface area contributed by atoms with Crippen LogP contribution in [-0.4, -0.2) is 12.2 Å². The Bertz CT molecular complexity index is 207. The summed E-state index contributed by atoms with van der Waals surface area (Å²) in [6.07, 6.45) is -0.833. The largest absolute Gasteiger partial charge is 0.391 e. The van der Waals surface area contributed by atoms with Gasteiger partial charge in [0.1, 0.15) is 0 Å². The Morgan fingerprint density at radius 3 is 2.13 bits per heavy atom. The maximum absolute atomic E-state index is 12.4. The lowest BCUT2D eigenvalue weighted by atomic mass is 9.78. The molecule has 1 atom stereocenters. The molecule has 0 aromatic rings. The van der Waals surface area contributed by atoms with Crippen molar-refractivity contribution < 1.29 is 13.2 Å². The van der Waals surface area contributed by atoms with Crippen LogP contribution in [0.3, 0.4) is 0 Å². The van der Waals surface area contributed by atoms with E-state index in [1.54, 1.807) is 6.08 Å². The van der Waals surface area contributed by atoms with E-state index in [0.29, 0.717) is 12.8 Å². The molecule has 0 bridgehead atoms. The fourth-order valence-corrected chi connectivity index (χ4v) is 2.20. The average Bonchev–Trinajstić information content (AvgIpc) is 2.19. The predicted molar refractivity (Wildman–Crippen MR) is 52.8 cm³/mol. The summed E-state index contributed by atoms with van der Waals surface area (Å²) in [5, 5.41) is 0. The molecule has 0 heterocycles. The third-order valence-corrected chi connectivity index (χ3v) is 3.19. The molecule has 0 amide bonds. The van der Waals surface area contributed by atoms with E-state index in [9.17, 15) is 13.2 Å². The zero-order valence-corrected chi connectivity index (χ0v) is 8.56. The molecule has 0 radical (unpaired) electrons. The van der Waals surface area contributed by atoms with Gasteiger partial charge in [0.25, 0.3) is 0 Å². The first-order valence-corrected chi connectivity index (χ1v) is 5.14. The molecule has 0 aliphatic heterocycles. The molecule has 0 aromatic carbocycles. The lowest BCUT2D eigenvalue weighted by molar-refractivity contribution is -0.184. The minimum absolute atomic E-state index is 0.0702. The van der Waals surface area contributed by atoms with Gasteiger partial charge in [-0.2, -0.15) is 13.2 Å². The van der Waals surface area contributed by atoms with Crippen LogP contribution in [0.2, 0.25) is 0 Å². The van der Waals surface area contributed by atoms with E-state index in [2.05, 4.69) is 12.0 Å². The van der Waals surface area contributed by atoms with E-state index in [1.165, 1.54) is 0 Å². The van der Waals surface area contributed by atoms with E-state index in [0.717, 1.165) is 0 Å². The molecule has 1 aliphatic rings. The van der Waals surface area contributed by atoms with Gasteiger partial charge in [0.2, 0.25) is 0 Å². The number of hydrogen-bond donors (Lipinski definition) is 2. The lowest BCUT2D eigenvalue weighted by Crippen LogP contribution is -2.41. The molecule has 1 rings (SSSR count). The molecular formula is C10H17F3N2. The molecule has 88 valence electrons. The highest BCUT2D eigenvalue weighted by Crippen LogP contribution is 2.40. The van der Waals surface area contributed by atoms with Crippen molar-refractivity contribution in [2.75, 3.05) is 0 Å². The smallest absolute Gasteiger partial charge is 0.271 e. The molecule has 1 unspecified atom stereocenters. The number of nitrogens with one attached hydrogen (secondary N) is 1. The molecule has 1 saturated carbocycles. The zero-order valence-electron chi connectivity index (χ0n) is 8.56. The summed E-state index contributed by atoms with van der Waals surface area (Å²) >= 11 is 0. The van der Waals surface area contributed by atoms with E-state index in [4.69, 9.17) is 5.84 Å². The normalized spacial score (nSPS) is 29.9. The van der Waals surface area contributed by atoms with Crippen molar-refractivity contribution in [3.05, 3.63) is 12.7 Å². The van der Waals surface area contributed by atoms with Gasteiger partial charge in [0, 0.05) is 6.04 Å². The van der Waals surface area contributed by atoms with Crippen LogP contribution < -0.4 is 11.3 Å². The van der Waals surface area contributed by atoms with Gasteiger partial charge in [-0.3, -0.25) is 11.3 Å². The summed E-state index contributed by atoms with van der Waals surface area (Å²) in [7, 11) is 0. The number of hydrazine groups is 1. The van der Waals surface area contributed by atoms with Gasteiger partial charge < -0.3 is 0 Å². The summed E-state index contributed by atoms with van der Waals surface area (Å²) in [4.78, 5) is 0. The third kappa shape index (κ3) is 3.21. The molecule has 2 nitrogen and oxygen atoms in total. The maximum Gasteiger partial charge on any atom is 0.391 e. The summed E-state index contributed by atoms with van der Waals surface area (Å²) in [5.41, 5.74) is 2.58. The second kappa shape index (κ2) is 4.99. The van der Waals surface area contributed by atoms with Crippen molar-refractivity contribution in [2.24, 2.45) is 17.7 Å². The number of alkyl halides is 3. The summed E-state index contributed by atoms with van der Waals surface area (Å²) < 4.78 is 37.1. The highest BCUT2D eigenvalue weighted by Gasteiger charge is 2.42. The van der Waals surface area contributed by atoms with Crippen LogP contribution in [0.15, 0.2) is 12.7 Å². The van der Waals surface area contributed by atoms with Crippen LogP contribution in [0.5, 0.6) is 0 Å². The third-order valence-electron chi connectivity index (χ3n) is 3.19. The van der Waals surface area contributed by atoms with E-state index < -0.39 is 12.1 Å². The van der Waals surface area contributed by atoms with Crippen molar-refractivity contribution in [2.45, 2.75) is 37.9 Å². The topological polar surface area (TPSA) is 38.0 Å². The second-order valence-electron chi connectivity index (χ2n) is 4.08. The lowest BCUT2D eigenvalue weighted by Gasteiger charge is -2.33. The minimum Gasteiger partial charge on any atom is -0.271 e. The molecule has 1 aliphatic carbocycles. The molecule has 0 saturated heterocycles. The summed E-state index contributed by atoms with van der Waals surface area (Å²) in [6.45, 7) is 3.61. The molecule has 3 N–H and O–H groups in total. The van der Waals surface area contributed by atoms with Gasteiger partial charge >= 0.3 is 6.18 Å². The molecule has 1 fully saturated rings. The van der Waals surface area contributed by atoms with Crippen LogP contribution in [0.25, 0.3) is 0 Å². The summed E-state index contributed by atoms with van der Waals surface area (Å²) in [5.74, 6) is 4.35. The minimum atomic E-state index is -4.04. The fourth-order valence-electron chi connectivity index (χ4n) is 2.20. The van der Waals surface area contributed by atoms with Gasteiger partial charge in [-0.05, 0) is 31.6 Å². The SMILES string of the molecule is C=CC(NN)C1CCC(C(F)(F)F)CC1. The quantitative estimate of drug-likeness (QED) is 0.437. The van der Waals surface area contributed by atoms with Gasteiger partial charge in [-0.15, -0.1) is 6.58 Å². The van der Waals surface area contributed by atoms with Crippen molar-refractivity contribution >= 4 is 0 Å². The first kappa shape index (κ1) is 12.5. The molecule has 0 aromatic heterocycles. The Hall–Kier alpha value is -0.550. The number of rotatable bonds is 3. The van der Waals surface area contributed by atoms with Crippen LogP contribution >= 0.6 is 0 Å². The molecular weight excluding hydrogens is 205 g/mol. The van der Waals surface area contributed by atoms with Crippen LogP contribution in [0.1, 0.15) is 25.7 Å². The predicted octanol–water partition coefficient (Wildman–Crippen LogP) is 2.37. The summed E-state index contributed by atoms with van der Waals surface area (Å²) in [6, 6.07) is -0.0702. The van der Waals surface area contributed by atoms with Crippen molar-refractivity contribution in [3.63, 3.8) is 0 Å². The highest BCUT2D eigenvalue weighted by molar-refractivity contribution is 4.92. The Morgan fingerprint density at radius 2 is 1.80 bits per heavy atom. The Balaban J connectivity index is 2.45. The van der Waals surface area contributed by atoms with Gasteiger partial charge in [0.05, 0.1) is 5.92 Å². The van der Waals surface area contributed by atoms with Crippen LogP contribution in [0, 0.1) is 11.8 Å². The van der Waals surface area contributed by atoms with Gasteiger partial charge in [-0.25, -0.2) is 0 Å². The Labute approximate surface area is 87.7 Å². The molecule has 0 spiro atoms. The van der Waals surface area contributed by atoms with Gasteiger partial charge in [-0.1, -0.05) is 6.08 Å². The van der Waals surface area contributed by atoms with Gasteiger partial charge in [0.15, 0.2) is 0 Å². The molecule has 15 heavy (non-hydrogen) atoms. The second-order valence-corrected chi connectivity index (χ2v) is 4.08. The fraction of sp³-hybridized carbons (Fsp3) is 0.800. The highest BCUT2D eigenvalue weighted by atomic mass is 19.4. The monoisotopic (exact) mass is 222 g/mol. The Kier molecular flexibility index (Phi) is 4.16. The standard InChI is InChI=1S/C10H17F3N2/c1-2-9(15-14)7-3-5-8(6-4-7)10(11,12)13/h2,7-9,15H,1,3-6,14H2. The Morgan fingerprint density at radius 1 is 1.27 bits per heavy atom. The van der Waals surface area contributed by atoms with E-state index in [-0.39, 0.29) is 24.8 Å². The van der Waals surface area contributed by atoms with E-state index in [1.807, 2.05) is 0 Å². The molecule has 5 heteroatoms. The maximum atomic E-state index is 12.4. The zero-order chi connectivity index (χ0) is 11.5. The van der Waals surface area contributed by atoms with Crippen molar-refractivity contribution in [1.29, 1.82) is 0 Å². The number of halogens is 3.